The van der Waals surface area contributed by atoms with E-state index >= 15 is 0 Å². The van der Waals surface area contributed by atoms with Crippen molar-refractivity contribution in [1.82, 2.24) is 9.21 Å². The Labute approximate surface area is 206 Å². The summed E-state index contributed by atoms with van der Waals surface area (Å²) in [7, 11) is 6.00. The predicted molar refractivity (Wildman–Crippen MR) is 138 cm³/mol. The van der Waals surface area contributed by atoms with Gasteiger partial charge in [-0.3, -0.25) is 4.79 Å². The van der Waals surface area contributed by atoms with Crippen LogP contribution in [0, 0.1) is 0 Å². The van der Waals surface area contributed by atoms with Crippen molar-refractivity contribution in [1.29, 1.82) is 0 Å². The van der Waals surface area contributed by atoms with Gasteiger partial charge in [-0.25, -0.2) is 4.31 Å². The molecule has 0 radical (unpaired) electrons. The van der Waals surface area contributed by atoms with Crippen molar-refractivity contribution < 1.29 is 14.3 Å². The number of piperidine rings is 1. The SMILES string of the molecule is CN(C)C.O=Cc1ccc(-c2ccc3c(c2)COC2(CCN(Sc4ccccc4)CC2)O3)cc1. The maximum absolute atomic E-state index is 10.9. The summed E-state index contributed by atoms with van der Waals surface area (Å²) in [4.78, 5) is 14.1. The van der Waals surface area contributed by atoms with E-state index in [2.05, 4.69) is 40.7 Å². The van der Waals surface area contributed by atoms with E-state index in [0.717, 1.165) is 54.7 Å². The van der Waals surface area contributed by atoms with Crippen LogP contribution < -0.4 is 4.74 Å². The number of carbonyl (C=O) groups is 1. The fourth-order valence-electron chi connectivity index (χ4n) is 3.96. The monoisotopic (exact) mass is 476 g/mol. The zero-order valence-electron chi connectivity index (χ0n) is 20.1. The fraction of sp³-hybridized carbons (Fsp3) is 0.321. The van der Waals surface area contributed by atoms with E-state index in [4.69, 9.17) is 9.47 Å². The third-order valence-corrected chi connectivity index (χ3v) is 6.80. The first-order valence-corrected chi connectivity index (χ1v) is 12.3. The molecule has 5 nitrogen and oxygen atoms in total. The fourth-order valence-corrected chi connectivity index (χ4v) is 4.90. The van der Waals surface area contributed by atoms with Crippen LogP contribution in [0.1, 0.15) is 28.8 Å². The summed E-state index contributed by atoms with van der Waals surface area (Å²) in [5, 5.41) is 0. The number of benzene rings is 3. The van der Waals surface area contributed by atoms with Crippen LogP contribution in [0.3, 0.4) is 0 Å². The molecule has 0 saturated carbocycles. The maximum Gasteiger partial charge on any atom is 0.213 e. The van der Waals surface area contributed by atoms with Gasteiger partial charge in [0.2, 0.25) is 5.79 Å². The molecule has 2 aliphatic rings. The van der Waals surface area contributed by atoms with E-state index in [-0.39, 0.29) is 0 Å². The van der Waals surface area contributed by atoms with E-state index in [0.29, 0.717) is 12.2 Å². The van der Waals surface area contributed by atoms with Gasteiger partial charge in [-0.15, -0.1) is 0 Å². The van der Waals surface area contributed by atoms with Gasteiger partial charge in [0.1, 0.15) is 12.0 Å². The molecule has 2 aliphatic heterocycles. The lowest BCUT2D eigenvalue weighted by Gasteiger charge is -2.43. The van der Waals surface area contributed by atoms with Gasteiger partial charge in [-0.1, -0.05) is 48.5 Å². The van der Waals surface area contributed by atoms with Gasteiger partial charge in [-0.2, -0.15) is 0 Å². The van der Waals surface area contributed by atoms with Crippen LogP contribution in [-0.2, 0) is 11.3 Å². The summed E-state index contributed by atoms with van der Waals surface area (Å²) in [6.45, 7) is 2.41. The summed E-state index contributed by atoms with van der Waals surface area (Å²) < 4.78 is 15.0. The Morgan fingerprint density at radius 3 is 2.21 bits per heavy atom. The van der Waals surface area contributed by atoms with Crippen molar-refractivity contribution in [3.8, 4) is 16.9 Å². The summed E-state index contributed by atoms with van der Waals surface area (Å²) in [5.74, 6) is 0.395. The molecular weight excluding hydrogens is 444 g/mol. The number of rotatable bonds is 4. The molecule has 1 saturated heterocycles. The van der Waals surface area contributed by atoms with E-state index < -0.39 is 5.79 Å². The second-order valence-corrected chi connectivity index (χ2v) is 10.2. The lowest BCUT2D eigenvalue weighted by molar-refractivity contribution is -0.223. The quantitative estimate of drug-likeness (QED) is 0.353. The van der Waals surface area contributed by atoms with Crippen molar-refractivity contribution in [2.75, 3.05) is 34.2 Å². The van der Waals surface area contributed by atoms with Crippen molar-refractivity contribution in [2.45, 2.75) is 30.1 Å². The van der Waals surface area contributed by atoms with Gasteiger partial charge in [-0.05, 0) is 68.5 Å². The number of hydrogen-bond acceptors (Lipinski definition) is 6. The largest absolute Gasteiger partial charge is 0.462 e. The van der Waals surface area contributed by atoms with E-state index in [1.807, 2.05) is 62.4 Å². The van der Waals surface area contributed by atoms with Crippen LogP contribution in [0.5, 0.6) is 5.75 Å². The number of ether oxygens (including phenoxy) is 2. The molecule has 0 N–H and O–H groups in total. The molecule has 3 aromatic rings. The Morgan fingerprint density at radius 2 is 1.56 bits per heavy atom. The molecule has 6 heteroatoms. The first-order valence-electron chi connectivity index (χ1n) is 11.6. The Bertz CT molecular complexity index is 1080. The van der Waals surface area contributed by atoms with Crippen LogP contribution in [0.4, 0.5) is 0 Å². The van der Waals surface area contributed by atoms with Gasteiger partial charge < -0.3 is 14.4 Å². The number of carbonyl (C=O) groups excluding carboxylic acids is 1. The van der Waals surface area contributed by atoms with E-state index in [1.165, 1.54) is 4.90 Å². The average molecular weight is 477 g/mol. The zero-order chi connectivity index (χ0) is 24.0. The highest BCUT2D eigenvalue weighted by Crippen LogP contribution is 2.40. The van der Waals surface area contributed by atoms with Crippen LogP contribution in [0.15, 0.2) is 77.7 Å². The summed E-state index contributed by atoms with van der Waals surface area (Å²) in [6.07, 6.45) is 2.56. The minimum Gasteiger partial charge on any atom is -0.462 e. The van der Waals surface area contributed by atoms with Crippen molar-refractivity contribution >= 4 is 18.2 Å². The standard InChI is InChI=1S/C25H23NO3S.C3H9N/c27-17-19-6-8-20(9-7-19)21-10-11-24-22(16-21)18-28-25(29-24)12-14-26(15-13-25)30-23-4-2-1-3-5-23;1-4(2)3/h1-11,16-17H,12-15,18H2;1-3H3. The smallest absolute Gasteiger partial charge is 0.213 e. The van der Waals surface area contributed by atoms with Crippen LogP contribution in [0.2, 0.25) is 0 Å². The zero-order valence-corrected chi connectivity index (χ0v) is 20.9. The van der Waals surface area contributed by atoms with Crippen LogP contribution >= 0.6 is 11.9 Å². The molecule has 1 fully saturated rings. The molecule has 178 valence electrons. The van der Waals surface area contributed by atoms with Crippen molar-refractivity contribution in [3.63, 3.8) is 0 Å². The normalized spacial score (nSPS) is 16.8. The minimum absolute atomic E-state index is 0.520. The molecular formula is C28H32N2O3S. The third-order valence-electron chi connectivity index (χ3n) is 5.69. The average Bonchev–Trinajstić information content (AvgIpc) is 2.86. The van der Waals surface area contributed by atoms with Gasteiger partial charge in [0, 0.05) is 42.0 Å². The molecule has 5 rings (SSSR count). The number of aldehydes is 1. The molecule has 0 unspecified atom stereocenters. The molecule has 0 atom stereocenters. The Morgan fingerprint density at radius 1 is 0.912 bits per heavy atom. The highest BCUT2D eigenvalue weighted by molar-refractivity contribution is 7.97. The molecule has 0 bridgehead atoms. The van der Waals surface area contributed by atoms with Gasteiger partial charge in [0.05, 0.1) is 6.61 Å². The second kappa shape index (κ2) is 11.2. The molecule has 0 aromatic heterocycles. The molecule has 3 aromatic carbocycles. The number of nitrogens with zero attached hydrogens (tertiary/aromatic N) is 2. The molecule has 0 aliphatic carbocycles. The highest BCUT2D eigenvalue weighted by atomic mass is 32.2. The molecule has 2 heterocycles. The second-order valence-electron chi connectivity index (χ2n) is 9.04. The minimum atomic E-state index is -0.520. The topological polar surface area (TPSA) is 42.0 Å². The Hall–Kier alpha value is -2.64. The molecule has 0 amide bonds. The predicted octanol–water partition coefficient (Wildman–Crippen LogP) is 5.75. The number of fused-ring (bicyclic) bond motifs is 1. The van der Waals surface area contributed by atoms with E-state index in [9.17, 15) is 4.79 Å². The lowest BCUT2D eigenvalue weighted by atomic mass is 9.99. The summed E-state index contributed by atoms with van der Waals surface area (Å²) in [6, 6.07) is 24.3. The summed E-state index contributed by atoms with van der Waals surface area (Å²) in [5.41, 5.74) is 3.93. The summed E-state index contributed by atoms with van der Waals surface area (Å²) >= 11 is 1.80. The van der Waals surface area contributed by atoms with Crippen LogP contribution in [0.25, 0.3) is 11.1 Å². The van der Waals surface area contributed by atoms with Gasteiger partial charge in [0.15, 0.2) is 0 Å². The van der Waals surface area contributed by atoms with E-state index in [1.54, 1.807) is 11.9 Å². The van der Waals surface area contributed by atoms with Crippen LogP contribution in [-0.4, -0.2) is 55.5 Å². The van der Waals surface area contributed by atoms with Gasteiger partial charge >= 0.3 is 0 Å². The molecule has 1 spiro atoms. The Kier molecular flexibility index (Phi) is 8.06. The van der Waals surface area contributed by atoms with Crippen molar-refractivity contribution in [3.05, 3.63) is 83.9 Å². The first-order chi connectivity index (χ1) is 16.5. The lowest BCUT2D eigenvalue weighted by Crippen LogP contribution is -2.49. The van der Waals surface area contributed by atoms with Crippen molar-refractivity contribution in [2.24, 2.45) is 0 Å². The number of hydrogen-bond donors (Lipinski definition) is 0. The molecule has 34 heavy (non-hydrogen) atoms. The Balaban J connectivity index is 0.000000636. The third kappa shape index (κ3) is 6.27. The maximum atomic E-state index is 10.9. The highest BCUT2D eigenvalue weighted by Gasteiger charge is 2.41. The van der Waals surface area contributed by atoms with Gasteiger partial charge in [0.25, 0.3) is 0 Å². The first kappa shape index (κ1) is 24.5.